The quantitative estimate of drug-likeness (QED) is 0.845. The number of benzene rings is 1. The number of ketones is 1. The van der Waals surface area contributed by atoms with E-state index in [-0.39, 0.29) is 17.7 Å². The van der Waals surface area contributed by atoms with Crippen LogP contribution < -0.4 is 5.73 Å². The van der Waals surface area contributed by atoms with E-state index in [1.165, 1.54) is 0 Å². The molecule has 2 aromatic rings. The van der Waals surface area contributed by atoms with Gasteiger partial charge in [-0.05, 0) is 25.0 Å². The van der Waals surface area contributed by atoms with Crippen LogP contribution >= 0.6 is 11.6 Å². The normalized spacial score (nSPS) is 23.7. The monoisotopic (exact) mass is 263 g/mol. The van der Waals surface area contributed by atoms with E-state index in [0.29, 0.717) is 16.4 Å². The number of fused-ring (bicyclic) bond motifs is 1. The molecule has 0 bridgehead atoms. The average Bonchev–Trinajstić information content (AvgIpc) is 2.95. The maximum Gasteiger partial charge on any atom is 0.202 e. The van der Waals surface area contributed by atoms with Crippen molar-refractivity contribution in [2.24, 2.45) is 11.7 Å². The number of carbonyl (C=O) groups is 1. The molecule has 1 fully saturated rings. The molecule has 4 heteroatoms. The lowest BCUT2D eigenvalue weighted by Gasteiger charge is -2.11. The molecule has 3 nitrogen and oxygen atoms in total. The van der Waals surface area contributed by atoms with Crippen LogP contribution in [0, 0.1) is 5.92 Å². The number of carbonyl (C=O) groups excluding carboxylic acids is 1. The summed E-state index contributed by atoms with van der Waals surface area (Å²) in [7, 11) is 0. The van der Waals surface area contributed by atoms with Crippen molar-refractivity contribution in [3.05, 3.63) is 35.0 Å². The molecule has 0 radical (unpaired) electrons. The summed E-state index contributed by atoms with van der Waals surface area (Å²) in [6.07, 6.45) is 2.78. The molecule has 1 aliphatic carbocycles. The Balaban J connectivity index is 1.99. The maximum atomic E-state index is 12.3. The highest BCUT2D eigenvalue weighted by molar-refractivity contribution is 6.34. The van der Waals surface area contributed by atoms with Crippen molar-refractivity contribution in [3.63, 3.8) is 0 Å². The van der Waals surface area contributed by atoms with Gasteiger partial charge in [0.2, 0.25) is 5.78 Å². The topological polar surface area (TPSA) is 56.2 Å². The molecule has 18 heavy (non-hydrogen) atoms. The van der Waals surface area contributed by atoms with Crippen LogP contribution in [-0.2, 0) is 0 Å². The molecule has 2 atom stereocenters. The summed E-state index contributed by atoms with van der Waals surface area (Å²) in [6.45, 7) is 0. The first-order chi connectivity index (χ1) is 8.66. The summed E-state index contributed by atoms with van der Waals surface area (Å²) < 4.78 is 5.58. The van der Waals surface area contributed by atoms with Gasteiger partial charge in [0.05, 0.1) is 5.02 Å². The molecule has 1 aliphatic rings. The van der Waals surface area contributed by atoms with E-state index >= 15 is 0 Å². The van der Waals surface area contributed by atoms with Crippen molar-refractivity contribution in [3.8, 4) is 0 Å². The molecule has 3 rings (SSSR count). The SMILES string of the molecule is NC1CCCC1C(=O)c1cc2cccc(Cl)c2o1. The minimum absolute atomic E-state index is 0.00673. The highest BCUT2D eigenvalue weighted by atomic mass is 35.5. The van der Waals surface area contributed by atoms with E-state index in [0.717, 1.165) is 24.6 Å². The van der Waals surface area contributed by atoms with Gasteiger partial charge in [-0.3, -0.25) is 4.79 Å². The van der Waals surface area contributed by atoms with Crippen molar-refractivity contribution in [2.45, 2.75) is 25.3 Å². The number of hydrogen-bond acceptors (Lipinski definition) is 3. The van der Waals surface area contributed by atoms with Gasteiger partial charge >= 0.3 is 0 Å². The second kappa shape index (κ2) is 4.41. The van der Waals surface area contributed by atoms with Crippen molar-refractivity contribution in [2.75, 3.05) is 0 Å². The molecule has 1 aromatic carbocycles. The van der Waals surface area contributed by atoms with Gasteiger partial charge in [0.1, 0.15) is 0 Å². The zero-order valence-corrected chi connectivity index (χ0v) is 10.6. The van der Waals surface area contributed by atoms with E-state index in [2.05, 4.69) is 0 Å². The summed E-state index contributed by atoms with van der Waals surface area (Å²) in [5, 5.41) is 1.39. The second-order valence-electron chi connectivity index (χ2n) is 4.83. The molecular formula is C14H14ClNO2. The number of para-hydroxylation sites is 1. The maximum absolute atomic E-state index is 12.3. The Hall–Kier alpha value is -1.32. The van der Waals surface area contributed by atoms with Crippen LogP contribution in [0.1, 0.15) is 29.8 Å². The fourth-order valence-electron chi connectivity index (χ4n) is 2.65. The molecule has 1 saturated carbocycles. The van der Waals surface area contributed by atoms with Gasteiger partial charge in [0.25, 0.3) is 0 Å². The fraction of sp³-hybridized carbons (Fsp3) is 0.357. The predicted molar refractivity (Wildman–Crippen MR) is 70.9 cm³/mol. The van der Waals surface area contributed by atoms with Crippen LogP contribution in [-0.4, -0.2) is 11.8 Å². The highest BCUT2D eigenvalue weighted by Crippen LogP contribution is 2.31. The third-order valence-electron chi connectivity index (χ3n) is 3.65. The first kappa shape index (κ1) is 11.8. The number of furan rings is 1. The Morgan fingerprint density at radius 1 is 1.39 bits per heavy atom. The molecule has 0 saturated heterocycles. The number of halogens is 1. The number of rotatable bonds is 2. The smallest absolute Gasteiger partial charge is 0.202 e. The van der Waals surface area contributed by atoms with Crippen LogP contribution in [0.15, 0.2) is 28.7 Å². The van der Waals surface area contributed by atoms with Gasteiger partial charge in [0.15, 0.2) is 11.3 Å². The third kappa shape index (κ3) is 1.84. The lowest BCUT2D eigenvalue weighted by molar-refractivity contribution is 0.0887. The van der Waals surface area contributed by atoms with Gasteiger partial charge in [-0.15, -0.1) is 0 Å². The molecule has 2 unspecified atom stereocenters. The molecule has 0 aliphatic heterocycles. The van der Waals surface area contributed by atoms with E-state index in [1.807, 2.05) is 12.1 Å². The molecule has 0 spiro atoms. The Kier molecular flexibility index (Phi) is 2.88. The highest BCUT2D eigenvalue weighted by Gasteiger charge is 2.32. The molecule has 1 aromatic heterocycles. The summed E-state index contributed by atoms with van der Waals surface area (Å²) in [6, 6.07) is 7.20. The first-order valence-electron chi connectivity index (χ1n) is 6.14. The minimum Gasteiger partial charge on any atom is -0.451 e. The van der Waals surface area contributed by atoms with E-state index in [9.17, 15) is 4.79 Å². The van der Waals surface area contributed by atoms with Gasteiger partial charge in [-0.1, -0.05) is 30.2 Å². The predicted octanol–water partition coefficient (Wildman–Crippen LogP) is 3.40. The third-order valence-corrected chi connectivity index (χ3v) is 3.94. The van der Waals surface area contributed by atoms with Crippen molar-refractivity contribution < 1.29 is 9.21 Å². The zero-order chi connectivity index (χ0) is 12.7. The Bertz CT molecular complexity index is 605. The molecular weight excluding hydrogens is 250 g/mol. The molecule has 2 N–H and O–H groups in total. The van der Waals surface area contributed by atoms with Crippen molar-refractivity contribution in [1.82, 2.24) is 0 Å². The summed E-state index contributed by atoms with van der Waals surface area (Å²) >= 11 is 6.03. The van der Waals surface area contributed by atoms with E-state index in [4.69, 9.17) is 21.8 Å². The lowest BCUT2D eigenvalue weighted by atomic mass is 9.97. The summed E-state index contributed by atoms with van der Waals surface area (Å²) in [4.78, 5) is 12.3. The number of hydrogen-bond donors (Lipinski definition) is 1. The van der Waals surface area contributed by atoms with Crippen molar-refractivity contribution in [1.29, 1.82) is 0 Å². The second-order valence-corrected chi connectivity index (χ2v) is 5.24. The van der Waals surface area contributed by atoms with Crippen LogP contribution in [0.2, 0.25) is 5.02 Å². The van der Waals surface area contributed by atoms with Crippen LogP contribution in [0.4, 0.5) is 0 Å². The molecule has 1 heterocycles. The molecule has 0 amide bonds. The Morgan fingerprint density at radius 2 is 2.22 bits per heavy atom. The van der Waals surface area contributed by atoms with Crippen LogP contribution in [0.5, 0.6) is 0 Å². The van der Waals surface area contributed by atoms with Gasteiger partial charge in [-0.25, -0.2) is 0 Å². The van der Waals surface area contributed by atoms with E-state index < -0.39 is 0 Å². The van der Waals surface area contributed by atoms with Gasteiger partial charge in [0, 0.05) is 17.3 Å². The number of Topliss-reactive ketones (excluding diaryl/α,β-unsaturated/α-hetero) is 1. The lowest BCUT2D eigenvalue weighted by Crippen LogP contribution is -2.30. The number of nitrogens with two attached hydrogens (primary N) is 1. The average molecular weight is 264 g/mol. The zero-order valence-electron chi connectivity index (χ0n) is 9.86. The summed E-state index contributed by atoms with van der Waals surface area (Å²) in [5.41, 5.74) is 6.53. The minimum atomic E-state index is -0.107. The van der Waals surface area contributed by atoms with Crippen LogP contribution in [0.3, 0.4) is 0 Å². The Labute approximate surface area is 110 Å². The van der Waals surface area contributed by atoms with Gasteiger partial charge in [-0.2, -0.15) is 0 Å². The van der Waals surface area contributed by atoms with Crippen LogP contribution in [0.25, 0.3) is 11.0 Å². The first-order valence-corrected chi connectivity index (χ1v) is 6.52. The fourth-order valence-corrected chi connectivity index (χ4v) is 2.87. The van der Waals surface area contributed by atoms with Crippen molar-refractivity contribution >= 4 is 28.4 Å². The van der Waals surface area contributed by atoms with Gasteiger partial charge < -0.3 is 10.2 Å². The largest absolute Gasteiger partial charge is 0.451 e. The Morgan fingerprint density at radius 3 is 2.89 bits per heavy atom. The van der Waals surface area contributed by atoms with E-state index in [1.54, 1.807) is 12.1 Å². The standard InChI is InChI=1S/C14H14ClNO2/c15-10-5-1-3-8-7-12(18-14(8)10)13(17)9-4-2-6-11(9)16/h1,3,5,7,9,11H,2,4,6,16H2. The summed E-state index contributed by atoms with van der Waals surface area (Å²) in [5.74, 6) is 0.275. The molecule has 94 valence electrons.